The van der Waals surface area contributed by atoms with Crippen LogP contribution in [-0.4, -0.2) is 23.0 Å². The van der Waals surface area contributed by atoms with Gasteiger partial charge in [-0.05, 0) is 49.9 Å². The van der Waals surface area contributed by atoms with Gasteiger partial charge < -0.3 is 10.1 Å². The summed E-state index contributed by atoms with van der Waals surface area (Å²) in [5.41, 5.74) is 3.67. The zero-order valence-electron chi connectivity index (χ0n) is 17.2. The lowest BCUT2D eigenvalue weighted by atomic mass is 9.97. The third-order valence-electron chi connectivity index (χ3n) is 5.08. The number of aromatic nitrogens is 1. The van der Waals surface area contributed by atoms with Crippen LogP contribution in [0.5, 0.6) is 0 Å². The third kappa shape index (κ3) is 4.62. The van der Waals surface area contributed by atoms with Gasteiger partial charge in [0.25, 0.3) is 5.91 Å². The normalized spacial score (nSPS) is 13.0. The number of nitrogens with one attached hydrogen (secondary N) is 1. The number of nitrogens with zero attached hydrogens (tertiary/aromatic N) is 1. The van der Waals surface area contributed by atoms with Gasteiger partial charge in [0.05, 0.1) is 11.1 Å². The van der Waals surface area contributed by atoms with Gasteiger partial charge in [0.2, 0.25) is 0 Å². The third-order valence-corrected chi connectivity index (χ3v) is 5.08. The van der Waals surface area contributed by atoms with E-state index in [1.54, 1.807) is 13.0 Å². The Morgan fingerprint density at radius 2 is 1.76 bits per heavy atom. The highest BCUT2D eigenvalue weighted by Crippen LogP contribution is 2.27. The molecule has 0 radical (unpaired) electrons. The van der Waals surface area contributed by atoms with Crippen LogP contribution in [0, 0.1) is 6.92 Å². The number of esters is 1. The van der Waals surface area contributed by atoms with Crippen molar-refractivity contribution in [2.45, 2.75) is 46.1 Å². The van der Waals surface area contributed by atoms with E-state index in [-0.39, 0.29) is 5.91 Å². The van der Waals surface area contributed by atoms with Crippen LogP contribution in [0.3, 0.4) is 0 Å². The van der Waals surface area contributed by atoms with Crippen LogP contribution in [0.15, 0.2) is 54.6 Å². The van der Waals surface area contributed by atoms with E-state index in [0.717, 1.165) is 28.9 Å². The summed E-state index contributed by atoms with van der Waals surface area (Å²) in [6.45, 7) is 7.63. The van der Waals surface area contributed by atoms with E-state index < -0.39 is 12.1 Å². The molecule has 0 unspecified atom stereocenters. The van der Waals surface area contributed by atoms with Crippen molar-refractivity contribution >= 4 is 28.5 Å². The average Bonchev–Trinajstić information content (AvgIpc) is 2.72. The smallest absolute Gasteiger partial charge is 0.339 e. The zero-order chi connectivity index (χ0) is 21.0. The second-order valence-corrected chi connectivity index (χ2v) is 7.26. The minimum Gasteiger partial charge on any atom is -0.449 e. The van der Waals surface area contributed by atoms with Crippen LogP contribution >= 0.6 is 0 Å². The van der Waals surface area contributed by atoms with Crippen LogP contribution in [0.1, 0.15) is 54.7 Å². The van der Waals surface area contributed by atoms with Crippen molar-refractivity contribution in [3.8, 4) is 0 Å². The molecule has 0 saturated carbocycles. The SMILES string of the molecule is CC[C@@H](C)c1ccccc1NC(=O)[C@@H](C)OC(=O)c1cc(C)nc2ccccc12. The van der Waals surface area contributed by atoms with Gasteiger partial charge in [-0.15, -0.1) is 0 Å². The van der Waals surface area contributed by atoms with Gasteiger partial charge in [0, 0.05) is 16.8 Å². The van der Waals surface area contributed by atoms with Gasteiger partial charge in [-0.2, -0.15) is 0 Å². The summed E-state index contributed by atoms with van der Waals surface area (Å²) in [6, 6.07) is 16.8. The van der Waals surface area contributed by atoms with Gasteiger partial charge in [0.1, 0.15) is 0 Å². The molecule has 2 atom stereocenters. The Bertz CT molecular complexity index is 1050. The number of hydrogen-bond acceptors (Lipinski definition) is 4. The number of fused-ring (bicyclic) bond motifs is 1. The molecule has 0 spiro atoms. The fourth-order valence-corrected chi connectivity index (χ4v) is 3.25. The van der Waals surface area contributed by atoms with Crippen molar-refractivity contribution in [1.82, 2.24) is 4.98 Å². The summed E-state index contributed by atoms with van der Waals surface area (Å²) < 4.78 is 5.48. The van der Waals surface area contributed by atoms with E-state index in [4.69, 9.17) is 4.74 Å². The number of carbonyl (C=O) groups excluding carboxylic acids is 2. The molecule has 0 aliphatic rings. The molecule has 1 aromatic heterocycles. The molecular weight excluding hydrogens is 364 g/mol. The summed E-state index contributed by atoms with van der Waals surface area (Å²) in [6.07, 6.45) is 0.0334. The molecule has 1 heterocycles. The first kappa shape index (κ1) is 20.5. The number of rotatable bonds is 6. The van der Waals surface area contributed by atoms with E-state index in [1.807, 2.05) is 55.5 Å². The standard InChI is InChI=1S/C24H26N2O3/c1-5-15(2)18-10-6-8-12-21(18)26-23(27)17(4)29-24(28)20-14-16(3)25-22-13-9-7-11-19(20)22/h6-15,17H,5H2,1-4H3,(H,26,27)/t15-,17-/m1/s1. The number of para-hydroxylation sites is 2. The molecule has 0 aliphatic heterocycles. The van der Waals surface area contributed by atoms with E-state index >= 15 is 0 Å². The Balaban J connectivity index is 1.77. The molecule has 0 bridgehead atoms. The molecular formula is C24H26N2O3. The molecule has 29 heavy (non-hydrogen) atoms. The van der Waals surface area contributed by atoms with Crippen molar-refractivity contribution in [2.24, 2.45) is 0 Å². The molecule has 1 amide bonds. The number of benzene rings is 2. The maximum atomic E-state index is 12.8. The minimum atomic E-state index is -0.931. The lowest BCUT2D eigenvalue weighted by Crippen LogP contribution is -2.30. The second-order valence-electron chi connectivity index (χ2n) is 7.26. The quantitative estimate of drug-likeness (QED) is 0.584. The van der Waals surface area contributed by atoms with Gasteiger partial charge in [-0.3, -0.25) is 9.78 Å². The van der Waals surface area contributed by atoms with E-state index in [1.165, 1.54) is 0 Å². The van der Waals surface area contributed by atoms with Crippen molar-refractivity contribution in [3.63, 3.8) is 0 Å². The molecule has 0 fully saturated rings. The highest BCUT2D eigenvalue weighted by atomic mass is 16.5. The number of hydrogen-bond donors (Lipinski definition) is 1. The number of aryl methyl sites for hydroxylation is 1. The molecule has 2 aromatic carbocycles. The maximum Gasteiger partial charge on any atom is 0.339 e. The van der Waals surface area contributed by atoms with Gasteiger partial charge in [-0.25, -0.2) is 4.79 Å². The average molecular weight is 390 g/mol. The Morgan fingerprint density at radius 1 is 1.07 bits per heavy atom. The molecule has 3 aromatic rings. The first-order valence-electron chi connectivity index (χ1n) is 9.87. The Morgan fingerprint density at radius 3 is 2.52 bits per heavy atom. The topological polar surface area (TPSA) is 68.3 Å². The van der Waals surface area contributed by atoms with Gasteiger partial charge in [-0.1, -0.05) is 50.2 Å². The zero-order valence-corrected chi connectivity index (χ0v) is 17.2. The second kappa shape index (κ2) is 8.86. The number of anilines is 1. The lowest BCUT2D eigenvalue weighted by Gasteiger charge is -2.18. The molecule has 150 valence electrons. The van der Waals surface area contributed by atoms with E-state index in [2.05, 4.69) is 24.1 Å². The molecule has 5 nitrogen and oxygen atoms in total. The fraction of sp³-hybridized carbons (Fsp3) is 0.292. The first-order chi connectivity index (χ1) is 13.9. The molecule has 0 aliphatic carbocycles. The molecule has 3 rings (SSSR count). The largest absolute Gasteiger partial charge is 0.449 e. The monoisotopic (exact) mass is 390 g/mol. The van der Waals surface area contributed by atoms with Crippen LogP contribution < -0.4 is 5.32 Å². The molecule has 5 heteroatoms. The van der Waals surface area contributed by atoms with Crippen molar-refractivity contribution in [3.05, 3.63) is 71.4 Å². The maximum absolute atomic E-state index is 12.8. The number of ether oxygens (including phenoxy) is 1. The van der Waals surface area contributed by atoms with Gasteiger partial charge in [0.15, 0.2) is 6.10 Å². The van der Waals surface area contributed by atoms with Crippen molar-refractivity contribution in [1.29, 1.82) is 0 Å². The van der Waals surface area contributed by atoms with Crippen LogP contribution in [0.4, 0.5) is 5.69 Å². The van der Waals surface area contributed by atoms with Gasteiger partial charge >= 0.3 is 5.97 Å². The number of amides is 1. The summed E-state index contributed by atoms with van der Waals surface area (Å²) in [5, 5.41) is 3.61. The highest BCUT2D eigenvalue weighted by Gasteiger charge is 2.22. The summed E-state index contributed by atoms with van der Waals surface area (Å²) >= 11 is 0. The summed E-state index contributed by atoms with van der Waals surface area (Å²) in [7, 11) is 0. The predicted molar refractivity (Wildman–Crippen MR) is 115 cm³/mol. The Hall–Kier alpha value is -3.21. The highest BCUT2D eigenvalue weighted by molar-refractivity contribution is 6.05. The molecule has 1 N–H and O–H groups in total. The first-order valence-corrected chi connectivity index (χ1v) is 9.87. The minimum absolute atomic E-state index is 0.315. The van der Waals surface area contributed by atoms with Crippen molar-refractivity contribution in [2.75, 3.05) is 5.32 Å². The lowest BCUT2D eigenvalue weighted by molar-refractivity contribution is -0.123. The van der Waals surface area contributed by atoms with Crippen LogP contribution in [0.25, 0.3) is 10.9 Å². The predicted octanol–water partition coefficient (Wildman–Crippen LogP) is 5.24. The van der Waals surface area contributed by atoms with E-state index in [9.17, 15) is 9.59 Å². The number of pyridine rings is 1. The molecule has 0 saturated heterocycles. The Kier molecular flexibility index (Phi) is 6.27. The van der Waals surface area contributed by atoms with Crippen LogP contribution in [-0.2, 0) is 9.53 Å². The summed E-state index contributed by atoms with van der Waals surface area (Å²) in [5.74, 6) is -0.579. The summed E-state index contributed by atoms with van der Waals surface area (Å²) in [4.78, 5) is 29.9. The fourth-order valence-electron chi connectivity index (χ4n) is 3.25. The van der Waals surface area contributed by atoms with Crippen LogP contribution in [0.2, 0.25) is 0 Å². The van der Waals surface area contributed by atoms with Crippen molar-refractivity contribution < 1.29 is 14.3 Å². The number of carbonyl (C=O) groups is 2. The van der Waals surface area contributed by atoms with E-state index in [0.29, 0.717) is 16.9 Å². The Labute approximate surface area is 171 Å².